The lowest BCUT2D eigenvalue weighted by molar-refractivity contribution is -0.110. The summed E-state index contributed by atoms with van der Waals surface area (Å²) >= 11 is 0. The molecule has 0 saturated carbocycles. The van der Waals surface area contributed by atoms with Gasteiger partial charge in [0.1, 0.15) is 0 Å². The number of benzene rings is 3. The molecule has 0 spiro atoms. The van der Waals surface area contributed by atoms with Crippen molar-refractivity contribution >= 4 is 49.4 Å². The molecule has 0 amide bonds. The summed E-state index contributed by atoms with van der Waals surface area (Å²) in [6, 6.07) is 4.24. The van der Waals surface area contributed by atoms with E-state index >= 15 is 0 Å². The quantitative estimate of drug-likeness (QED) is 0.0209. The van der Waals surface area contributed by atoms with Gasteiger partial charge in [-0.1, -0.05) is 38.3 Å². The smallest absolute Gasteiger partial charge is 0.264 e. The average molecular weight is 987 g/mol. The molecule has 5 N–H and O–H groups in total. The van der Waals surface area contributed by atoms with Crippen molar-refractivity contribution in [3.05, 3.63) is 59.4 Å². The maximum atomic E-state index is 14.1. The molecule has 0 saturated heterocycles. The minimum Gasteiger partial charge on any atom is -0.397 e. The second-order valence-electron chi connectivity index (χ2n) is 18.7. The fourth-order valence-corrected chi connectivity index (χ4v) is 7.86. The molecule has 4 rings (SSSR count). The van der Waals surface area contributed by atoms with Gasteiger partial charge in [-0.15, -0.1) is 0 Å². The molecule has 3 aromatic carbocycles. The number of rotatable bonds is 36. The Labute approximate surface area is 412 Å². The Balaban J connectivity index is 1.18. The first-order valence-corrected chi connectivity index (χ1v) is 25.0. The summed E-state index contributed by atoms with van der Waals surface area (Å²) in [5, 5.41) is 2.94. The van der Waals surface area contributed by atoms with Crippen LogP contribution in [0.15, 0.2) is 37.4 Å². The van der Waals surface area contributed by atoms with Gasteiger partial charge in [-0.25, -0.2) is 0 Å². The molecular weight excluding hydrogens is 905 g/mol. The number of unbranched alkanes of at least 4 members (excludes halogenated alkanes) is 3. The summed E-state index contributed by atoms with van der Waals surface area (Å²) in [5.41, 5.74) is 10.6. The summed E-state index contributed by atoms with van der Waals surface area (Å²) in [5.74, 6) is 0. The monoisotopic (exact) mass is 987 g/mol. The number of nitrogens with one attached hydrogen (secondary N) is 1. The van der Waals surface area contributed by atoms with E-state index in [9.17, 15) is 19.2 Å². The lowest BCUT2D eigenvalue weighted by Gasteiger charge is -2.23. The third kappa shape index (κ3) is 16.7. The molecule has 18 heteroatoms. The minimum absolute atomic E-state index is 0.0176. The second-order valence-corrected chi connectivity index (χ2v) is 18.7. The standard InChI is InChI=1S/C52H82N4O14/c1-12-13-14-15-19-55-41-18-16-17-40-42(41)50(58)44-43(49(40)57)47(53)45-46(48(44)54)52(60)56(51(45)59)31(2)22-63-33(4)24-65-35(6)26-67-37(8)28-69-39(10)30-70-38(9)29-68-36(7)27-66-34(5)25-64-32(3)23-62-21-20-61-11/h16-18,31-39,55H,12-15,19-30,53-54H2,1-11H3. The largest absolute Gasteiger partial charge is 0.397 e. The number of hydrogen-bond acceptors (Lipinski definition) is 17. The van der Waals surface area contributed by atoms with Gasteiger partial charge in [0.25, 0.3) is 11.1 Å². The molecule has 9 atom stereocenters. The van der Waals surface area contributed by atoms with E-state index < -0.39 is 34.1 Å². The highest BCUT2D eigenvalue weighted by molar-refractivity contribution is 6.21. The molecule has 4 aromatic rings. The van der Waals surface area contributed by atoms with Crippen LogP contribution in [-0.4, -0.2) is 140 Å². The number of nitrogen functional groups attached to an aromatic ring is 2. The molecular formula is C52H82N4O14. The lowest BCUT2D eigenvalue weighted by Crippen LogP contribution is -2.33. The summed E-state index contributed by atoms with van der Waals surface area (Å²) in [7, 11) is 1.64. The molecule has 70 heavy (non-hydrogen) atoms. The summed E-state index contributed by atoms with van der Waals surface area (Å²) in [6.07, 6.45) is 2.70. The van der Waals surface area contributed by atoms with Crippen molar-refractivity contribution in [3.8, 4) is 0 Å². The highest BCUT2D eigenvalue weighted by atomic mass is 16.6. The van der Waals surface area contributed by atoms with E-state index in [1.165, 1.54) is 0 Å². The van der Waals surface area contributed by atoms with Crippen molar-refractivity contribution in [3.63, 3.8) is 0 Å². The van der Waals surface area contributed by atoms with Crippen LogP contribution in [-0.2, 0) is 47.4 Å². The van der Waals surface area contributed by atoms with Gasteiger partial charge in [0.15, 0.2) is 10.9 Å². The number of nitrogens with zero attached hydrogens (tertiary/aromatic N) is 1. The molecule has 0 fully saturated rings. The first kappa shape index (κ1) is 58.5. The molecule has 0 aliphatic rings. The van der Waals surface area contributed by atoms with Gasteiger partial charge in [0.05, 0.1) is 166 Å². The third-order valence-corrected chi connectivity index (χ3v) is 11.9. The highest BCUT2D eigenvalue weighted by Crippen LogP contribution is 2.33. The van der Waals surface area contributed by atoms with Crippen molar-refractivity contribution in [1.82, 2.24) is 4.57 Å². The van der Waals surface area contributed by atoms with Gasteiger partial charge in [-0.2, -0.15) is 0 Å². The third-order valence-electron chi connectivity index (χ3n) is 11.9. The molecule has 9 unspecified atom stereocenters. The van der Waals surface area contributed by atoms with Crippen molar-refractivity contribution in [2.24, 2.45) is 0 Å². The molecule has 18 nitrogen and oxygen atoms in total. The van der Waals surface area contributed by atoms with Gasteiger partial charge in [0.2, 0.25) is 0 Å². The van der Waals surface area contributed by atoms with Crippen molar-refractivity contribution in [1.29, 1.82) is 0 Å². The van der Waals surface area contributed by atoms with E-state index in [4.69, 9.17) is 58.8 Å². The van der Waals surface area contributed by atoms with Crippen LogP contribution in [0, 0.1) is 0 Å². The van der Waals surface area contributed by atoms with Crippen LogP contribution >= 0.6 is 0 Å². The molecule has 0 aliphatic heterocycles. The zero-order chi connectivity index (χ0) is 51.5. The van der Waals surface area contributed by atoms with Crippen LogP contribution < -0.4 is 38.8 Å². The maximum absolute atomic E-state index is 14.1. The zero-order valence-corrected chi connectivity index (χ0v) is 43.6. The first-order valence-electron chi connectivity index (χ1n) is 25.0. The Kier molecular flexibility index (Phi) is 24.6. The van der Waals surface area contributed by atoms with Crippen molar-refractivity contribution in [2.45, 2.75) is 150 Å². The fourth-order valence-electron chi connectivity index (χ4n) is 7.86. The van der Waals surface area contributed by atoms with Crippen molar-refractivity contribution in [2.75, 3.05) is 103 Å². The maximum Gasteiger partial charge on any atom is 0.264 e. The van der Waals surface area contributed by atoms with Crippen LogP contribution in [0.4, 0.5) is 17.1 Å². The van der Waals surface area contributed by atoms with Crippen LogP contribution in [0.5, 0.6) is 0 Å². The molecule has 1 aromatic heterocycles. The Hall–Kier alpha value is -4.08. The van der Waals surface area contributed by atoms with E-state index in [2.05, 4.69) is 12.2 Å². The predicted molar refractivity (Wildman–Crippen MR) is 277 cm³/mol. The van der Waals surface area contributed by atoms with Gasteiger partial charge < -0.3 is 64.2 Å². The molecule has 0 aliphatic carbocycles. The van der Waals surface area contributed by atoms with E-state index in [1.54, 1.807) is 32.2 Å². The molecule has 394 valence electrons. The van der Waals surface area contributed by atoms with Gasteiger partial charge >= 0.3 is 0 Å². The Morgan fingerprint density at radius 3 is 1.34 bits per heavy atom. The average Bonchev–Trinajstić information content (AvgIpc) is 3.61. The normalized spacial score (nSPS) is 16.1. The number of anilines is 3. The summed E-state index contributed by atoms with van der Waals surface area (Å²) < 4.78 is 59.1. The van der Waals surface area contributed by atoms with Crippen molar-refractivity contribution < 1.29 is 47.4 Å². The molecule has 0 radical (unpaired) electrons. The number of methoxy groups -OCH3 is 1. The zero-order valence-electron chi connectivity index (χ0n) is 43.6. The minimum atomic E-state index is -0.745. The molecule has 0 bridgehead atoms. The SMILES string of the molecule is CCCCCCNc1cccc2c(=O)c3c(N)c4c(=O)n(C(C)COC(C)COC(C)COC(C)COC(C)COC(C)COC(C)COC(C)COC(C)COCCOC)c(=O)c4c(N)c3c(=O)c12. The predicted octanol–water partition coefficient (Wildman–Crippen LogP) is 5.89. The molecule has 1 heterocycles. The topological polar surface area (TPSA) is 230 Å². The Bertz CT molecular complexity index is 2420. The van der Waals surface area contributed by atoms with E-state index in [0.29, 0.717) is 71.7 Å². The van der Waals surface area contributed by atoms with Crippen LogP contribution in [0.1, 0.15) is 101 Å². The van der Waals surface area contributed by atoms with E-state index in [0.717, 1.165) is 30.3 Å². The van der Waals surface area contributed by atoms with Gasteiger partial charge in [-0.3, -0.25) is 23.7 Å². The Morgan fingerprint density at radius 1 is 0.500 bits per heavy atom. The van der Waals surface area contributed by atoms with Crippen LogP contribution in [0.25, 0.3) is 32.3 Å². The van der Waals surface area contributed by atoms with Gasteiger partial charge in [-0.05, 0) is 74.8 Å². The number of fused-ring (bicyclic) bond motifs is 3. The van der Waals surface area contributed by atoms with E-state index in [1.807, 2.05) is 55.4 Å². The number of ether oxygens (including phenoxy) is 10. The van der Waals surface area contributed by atoms with E-state index in [-0.39, 0.29) is 99.6 Å². The fraction of sp³-hybridized carbons (Fsp3) is 0.692. The summed E-state index contributed by atoms with van der Waals surface area (Å²) in [4.78, 5) is 55.9. The number of nitrogens with two attached hydrogens (primary N) is 2. The second kappa shape index (κ2) is 29.4. The Morgan fingerprint density at radius 2 is 0.914 bits per heavy atom. The highest BCUT2D eigenvalue weighted by Gasteiger charge is 2.28. The first-order chi connectivity index (χ1) is 33.4. The van der Waals surface area contributed by atoms with Gasteiger partial charge in [0, 0.05) is 24.7 Å². The lowest BCUT2D eigenvalue weighted by atomic mass is 9.96. The summed E-state index contributed by atoms with van der Waals surface area (Å²) in [6.45, 7) is 24.0. The number of aromatic nitrogens is 1. The number of hydrogen-bond donors (Lipinski definition) is 3. The van der Waals surface area contributed by atoms with Crippen LogP contribution in [0.2, 0.25) is 0 Å². The van der Waals surface area contributed by atoms with Crippen LogP contribution in [0.3, 0.4) is 0 Å².